The summed E-state index contributed by atoms with van der Waals surface area (Å²) in [6.45, 7) is -2.27. The molecule has 1 aromatic rings. The van der Waals surface area contributed by atoms with Crippen molar-refractivity contribution in [2.45, 2.75) is 19.5 Å². The van der Waals surface area contributed by atoms with Gasteiger partial charge in [0.15, 0.2) is 0 Å². The molecule has 5 nitrogen and oxygen atoms in total. The molecule has 1 aromatic carbocycles. The Bertz CT molecular complexity index is 601. The summed E-state index contributed by atoms with van der Waals surface area (Å²) in [6, 6.07) is 5.45. The van der Waals surface area contributed by atoms with Gasteiger partial charge >= 0.3 is 12.6 Å². The topological polar surface area (TPSA) is 66.8 Å². The molecule has 0 bridgehead atoms. The van der Waals surface area contributed by atoms with Gasteiger partial charge in [-0.1, -0.05) is 0 Å². The van der Waals surface area contributed by atoms with Gasteiger partial charge in [0.05, 0.1) is 5.92 Å². The maximum Gasteiger partial charge on any atom is 0.387 e. The van der Waals surface area contributed by atoms with Crippen LogP contribution in [0.25, 0.3) is 0 Å². The SMILES string of the molecule is O=C(O)[C@H]1CN(C(=O)c2ccc(OC(F)F)cc2)C[C@@H]1C1CC1. The maximum atomic E-state index is 12.5. The monoisotopic (exact) mass is 325 g/mol. The van der Waals surface area contributed by atoms with Crippen LogP contribution in [0.3, 0.4) is 0 Å². The van der Waals surface area contributed by atoms with Crippen LogP contribution in [0.2, 0.25) is 0 Å². The smallest absolute Gasteiger partial charge is 0.387 e. The molecule has 7 heteroatoms. The third kappa shape index (κ3) is 3.43. The molecule has 2 fully saturated rings. The minimum Gasteiger partial charge on any atom is -0.481 e. The van der Waals surface area contributed by atoms with E-state index in [-0.39, 0.29) is 24.1 Å². The van der Waals surface area contributed by atoms with E-state index in [1.54, 1.807) is 4.90 Å². The van der Waals surface area contributed by atoms with Gasteiger partial charge in [-0.2, -0.15) is 8.78 Å². The Morgan fingerprint density at radius 3 is 2.35 bits per heavy atom. The minimum absolute atomic E-state index is 0.0119. The molecule has 1 saturated heterocycles. The number of rotatable bonds is 5. The van der Waals surface area contributed by atoms with Crippen LogP contribution in [0.5, 0.6) is 5.75 Å². The van der Waals surface area contributed by atoms with E-state index in [1.165, 1.54) is 24.3 Å². The zero-order valence-electron chi connectivity index (χ0n) is 12.3. The first-order valence-electron chi connectivity index (χ1n) is 7.52. The number of nitrogens with zero attached hydrogens (tertiary/aromatic N) is 1. The lowest BCUT2D eigenvalue weighted by molar-refractivity contribution is -0.142. The van der Waals surface area contributed by atoms with Gasteiger partial charge in [-0.25, -0.2) is 0 Å². The highest BCUT2D eigenvalue weighted by Gasteiger charge is 2.46. The molecular weight excluding hydrogens is 308 g/mol. The van der Waals surface area contributed by atoms with Crippen molar-refractivity contribution >= 4 is 11.9 Å². The van der Waals surface area contributed by atoms with Gasteiger partial charge in [-0.3, -0.25) is 9.59 Å². The van der Waals surface area contributed by atoms with Crippen LogP contribution in [-0.2, 0) is 4.79 Å². The van der Waals surface area contributed by atoms with Crippen LogP contribution in [0.15, 0.2) is 24.3 Å². The molecule has 2 aliphatic rings. The molecule has 1 saturated carbocycles. The molecule has 1 aliphatic heterocycles. The van der Waals surface area contributed by atoms with Gasteiger partial charge in [0, 0.05) is 18.7 Å². The number of hydrogen-bond acceptors (Lipinski definition) is 3. The Kier molecular flexibility index (Phi) is 4.19. The fourth-order valence-corrected chi connectivity index (χ4v) is 3.22. The van der Waals surface area contributed by atoms with Crippen LogP contribution in [0, 0.1) is 17.8 Å². The highest BCUT2D eigenvalue weighted by molar-refractivity contribution is 5.95. The first kappa shape index (κ1) is 15.7. The van der Waals surface area contributed by atoms with Gasteiger partial charge in [-0.05, 0) is 48.9 Å². The lowest BCUT2D eigenvalue weighted by Crippen LogP contribution is -2.29. The summed E-state index contributed by atoms with van der Waals surface area (Å²) in [5.41, 5.74) is 0.340. The number of likely N-dealkylation sites (tertiary alicyclic amines) is 1. The van der Waals surface area contributed by atoms with Crippen molar-refractivity contribution in [2.75, 3.05) is 13.1 Å². The van der Waals surface area contributed by atoms with Crippen LogP contribution in [0.4, 0.5) is 8.78 Å². The fraction of sp³-hybridized carbons (Fsp3) is 0.500. The van der Waals surface area contributed by atoms with Crippen molar-refractivity contribution in [3.8, 4) is 5.75 Å². The summed E-state index contributed by atoms with van der Waals surface area (Å²) >= 11 is 0. The van der Waals surface area contributed by atoms with E-state index in [0.717, 1.165) is 12.8 Å². The summed E-state index contributed by atoms with van der Waals surface area (Å²) in [5, 5.41) is 9.33. The third-order valence-corrected chi connectivity index (χ3v) is 4.52. The highest BCUT2D eigenvalue weighted by Crippen LogP contribution is 2.44. The molecule has 0 spiro atoms. The largest absolute Gasteiger partial charge is 0.481 e. The second kappa shape index (κ2) is 6.14. The van der Waals surface area contributed by atoms with E-state index in [2.05, 4.69) is 4.74 Å². The third-order valence-electron chi connectivity index (χ3n) is 4.52. The Balaban J connectivity index is 1.69. The van der Waals surface area contributed by atoms with Crippen molar-refractivity contribution in [2.24, 2.45) is 17.8 Å². The number of benzene rings is 1. The molecule has 0 aromatic heterocycles. The average Bonchev–Trinajstić information content (AvgIpc) is 3.25. The summed E-state index contributed by atoms with van der Waals surface area (Å²) in [7, 11) is 0. The lowest BCUT2D eigenvalue weighted by Gasteiger charge is -2.16. The Morgan fingerprint density at radius 1 is 1.17 bits per heavy atom. The second-order valence-corrected chi connectivity index (χ2v) is 6.06. The number of hydrogen-bond donors (Lipinski definition) is 1. The standard InChI is InChI=1S/C16H17F2NO4/c17-16(18)23-11-5-3-10(4-6-11)14(20)19-7-12(9-1-2-9)13(8-19)15(21)22/h3-6,9,12-13,16H,1-2,7-8H2,(H,21,22)/t12-,13+/m1/s1. The van der Waals surface area contributed by atoms with Gasteiger partial charge in [0.1, 0.15) is 5.75 Å². The first-order chi connectivity index (χ1) is 11.0. The average molecular weight is 325 g/mol. The van der Waals surface area contributed by atoms with Crippen molar-refractivity contribution in [3.05, 3.63) is 29.8 Å². The van der Waals surface area contributed by atoms with E-state index >= 15 is 0 Å². The number of amides is 1. The molecule has 1 aliphatic carbocycles. The number of carboxylic acids is 1. The summed E-state index contributed by atoms with van der Waals surface area (Å²) in [5.74, 6) is -1.26. The number of ether oxygens (including phenoxy) is 1. The van der Waals surface area contributed by atoms with Crippen molar-refractivity contribution in [1.82, 2.24) is 4.90 Å². The molecule has 2 atom stereocenters. The van der Waals surface area contributed by atoms with Crippen molar-refractivity contribution < 1.29 is 28.2 Å². The minimum atomic E-state index is -2.91. The predicted molar refractivity (Wildman–Crippen MR) is 76.3 cm³/mol. The van der Waals surface area contributed by atoms with E-state index < -0.39 is 18.5 Å². The van der Waals surface area contributed by atoms with Crippen LogP contribution >= 0.6 is 0 Å². The van der Waals surface area contributed by atoms with E-state index in [4.69, 9.17) is 0 Å². The number of alkyl halides is 2. The number of halogens is 2. The predicted octanol–water partition coefficient (Wildman–Crippen LogP) is 2.47. The highest BCUT2D eigenvalue weighted by atomic mass is 19.3. The fourth-order valence-electron chi connectivity index (χ4n) is 3.22. The van der Waals surface area contributed by atoms with E-state index in [1.807, 2.05) is 0 Å². The van der Waals surface area contributed by atoms with E-state index in [9.17, 15) is 23.5 Å². The molecule has 1 heterocycles. The number of aliphatic carboxylic acids is 1. The zero-order chi connectivity index (χ0) is 16.6. The van der Waals surface area contributed by atoms with Crippen molar-refractivity contribution in [3.63, 3.8) is 0 Å². The summed E-state index contributed by atoms with van der Waals surface area (Å²) < 4.78 is 28.5. The quantitative estimate of drug-likeness (QED) is 0.903. The Morgan fingerprint density at radius 2 is 1.83 bits per heavy atom. The lowest BCUT2D eigenvalue weighted by atomic mass is 9.92. The first-order valence-corrected chi connectivity index (χ1v) is 7.52. The normalized spacial score (nSPS) is 24.0. The molecule has 0 radical (unpaired) electrons. The number of carbonyl (C=O) groups is 2. The molecule has 0 unspecified atom stereocenters. The van der Waals surface area contributed by atoms with Crippen LogP contribution in [-0.4, -0.2) is 41.6 Å². The molecule has 1 amide bonds. The molecule has 1 N–H and O–H groups in total. The number of carbonyl (C=O) groups excluding carboxylic acids is 1. The molecular formula is C16H17F2NO4. The molecule has 124 valence electrons. The summed E-state index contributed by atoms with van der Waals surface area (Å²) in [4.78, 5) is 25.4. The Labute approximate surface area is 131 Å². The Hall–Kier alpha value is -2.18. The molecule has 3 rings (SSSR count). The van der Waals surface area contributed by atoms with Crippen molar-refractivity contribution in [1.29, 1.82) is 0 Å². The van der Waals surface area contributed by atoms with Gasteiger partial charge in [0.25, 0.3) is 5.91 Å². The van der Waals surface area contributed by atoms with Gasteiger partial charge < -0.3 is 14.7 Å². The molecule has 23 heavy (non-hydrogen) atoms. The van der Waals surface area contributed by atoms with Gasteiger partial charge in [-0.15, -0.1) is 0 Å². The van der Waals surface area contributed by atoms with Crippen LogP contribution in [0.1, 0.15) is 23.2 Å². The van der Waals surface area contributed by atoms with Crippen LogP contribution < -0.4 is 4.74 Å². The second-order valence-electron chi connectivity index (χ2n) is 6.06. The maximum absolute atomic E-state index is 12.5. The van der Waals surface area contributed by atoms with Gasteiger partial charge in [0.2, 0.25) is 0 Å². The number of carboxylic acid groups (broad SMARTS) is 1. The van der Waals surface area contributed by atoms with E-state index in [0.29, 0.717) is 18.0 Å². The summed E-state index contributed by atoms with van der Waals surface area (Å²) in [6.07, 6.45) is 2.05. The zero-order valence-corrected chi connectivity index (χ0v) is 12.3.